The molecule has 0 aliphatic rings. The highest BCUT2D eigenvalue weighted by Crippen LogP contribution is 2.09. The van der Waals surface area contributed by atoms with Gasteiger partial charge in [-0.05, 0) is 19.1 Å². The summed E-state index contributed by atoms with van der Waals surface area (Å²) >= 11 is 1.56. The predicted octanol–water partition coefficient (Wildman–Crippen LogP) is 1.94. The maximum Gasteiger partial charge on any atom is 0.354 e. The summed E-state index contributed by atoms with van der Waals surface area (Å²) in [4.78, 5) is 32.7. The molecule has 0 spiro atoms. The van der Waals surface area contributed by atoms with Crippen LogP contribution in [0.5, 0.6) is 0 Å². The Kier molecular flexibility index (Phi) is 4.99. The van der Waals surface area contributed by atoms with Crippen molar-refractivity contribution in [3.63, 3.8) is 0 Å². The van der Waals surface area contributed by atoms with E-state index in [0.29, 0.717) is 25.1 Å². The number of carboxylic acid groups (broad SMARTS) is 1. The molecule has 110 valence electrons. The highest BCUT2D eigenvalue weighted by Gasteiger charge is 2.15. The van der Waals surface area contributed by atoms with Gasteiger partial charge in [-0.2, -0.15) is 0 Å². The van der Waals surface area contributed by atoms with Gasteiger partial charge in [0.05, 0.1) is 10.6 Å². The zero-order valence-corrected chi connectivity index (χ0v) is 12.3. The number of nitrogens with zero attached hydrogens (tertiary/aromatic N) is 3. The molecule has 7 heteroatoms. The quantitative estimate of drug-likeness (QED) is 0.881. The van der Waals surface area contributed by atoms with Gasteiger partial charge in [0, 0.05) is 37.3 Å². The first-order valence-electron chi connectivity index (χ1n) is 6.48. The van der Waals surface area contributed by atoms with Gasteiger partial charge in [-0.25, -0.2) is 14.8 Å². The molecule has 21 heavy (non-hydrogen) atoms. The molecule has 1 N–H and O–H groups in total. The molecular weight excluding hydrogens is 290 g/mol. The van der Waals surface area contributed by atoms with Gasteiger partial charge < -0.3 is 10.0 Å². The molecule has 0 fully saturated rings. The molecule has 0 saturated heterocycles. The summed E-state index contributed by atoms with van der Waals surface area (Å²) in [5.41, 5.74) is 0.318. The van der Waals surface area contributed by atoms with Crippen molar-refractivity contribution in [2.75, 3.05) is 13.1 Å². The Morgan fingerprint density at radius 3 is 2.67 bits per heavy atom. The molecule has 0 atom stereocenters. The van der Waals surface area contributed by atoms with Gasteiger partial charge in [0.25, 0.3) is 5.91 Å². The molecule has 2 aromatic heterocycles. The average molecular weight is 305 g/mol. The number of aromatic carboxylic acids is 1. The van der Waals surface area contributed by atoms with Crippen LogP contribution >= 0.6 is 11.3 Å². The normalized spacial score (nSPS) is 10.3. The molecule has 0 radical (unpaired) electrons. The van der Waals surface area contributed by atoms with E-state index < -0.39 is 5.97 Å². The van der Waals surface area contributed by atoms with Crippen LogP contribution in [0.1, 0.15) is 32.8 Å². The van der Waals surface area contributed by atoms with Crippen molar-refractivity contribution in [3.8, 4) is 0 Å². The molecule has 2 heterocycles. The first kappa shape index (κ1) is 15.1. The first-order valence-corrected chi connectivity index (χ1v) is 7.36. The smallest absolute Gasteiger partial charge is 0.354 e. The number of carbonyl (C=O) groups is 2. The lowest BCUT2D eigenvalue weighted by Gasteiger charge is -2.20. The molecule has 0 aliphatic carbocycles. The van der Waals surface area contributed by atoms with Crippen molar-refractivity contribution in [1.82, 2.24) is 14.9 Å². The molecule has 0 aromatic carbocycles. The van der Waals surface area contributed by atoms with E-state index in [-0.39, 0.29) is 11.6 Å². The van der Waals surface area contributed by atoms with Gasteiger partial charge in [0.2, 0.25) is 0 Å². The fraction of sp³-hybridized carbons (Fsp3) is 0.286. The minimum absolute atomic E-state index is 0.0719. The molecule has 0 aliphatic heterocycles. The number of carbonyl (C=O) groups excluding carboxylic acids is 1. The largest absolute Gasteiger partial charge is 0.477 e. The third kappa shape index (κ3) is 3.85. The van der Waals surface area contributed by atoms with E-state index in [2.05, 4.69) is 9.97 Å². The Labute approximate surface area is 126 Å². The van der Waals surface area contributed by atoms with Crippen molar-refractivity contribution in [2.24, 2.45) is 0 Å². The summed E-state index contributed by atoms with van der Waals surface area (Å²) in [5, 5.41) is 11.7. The van der Waals surface area contributed by atoms with E-state index in [4.69, 9.17) is 5.11 Å². The number of hydrogen-bond donors (Lipinski definition) is 1. The van der Waals surface area contributed by atoms with E-state index in [1.807, 2.05) is 12.3 Å². The van der Waals surface area contributed by atoms with Gasteiger partial charge in [-0.15, -0.1) is 11.3 Å². The van der Waals surface area contributed by atoms with Crippen LogP contribution in [0.3, 0.4) is 0 Å². The summed E-state index contributed by atoms with van der Waals surface area (Å²) in [7, 11) is 0. The van der Waals surface area contributed by atoms with E-state index in [1.165, 1.54) is 18.3 Å². The number of carboxylic acids is 1. The molecule has 0 bridgehead atoms. The van der Waals surface area contributed by atoms with Gasteiger partial charge in [-0.3, -0.25) is 4.79 Å². The monoisotopic (exact) mass is 305 g/mol. The molecule has 1 amide bonds. The topological polar surface area (TPSA) is 83.4 Å². The summed E-state index contributed by atoms with van der Waals surface area (Å²) in [6.45, 7) is 3.05. The van der Waals surface area contributed by atoms with Crippen LogP contribution in [-0.2, 0) is 6.42 Å². The number of aromatic nitrogens is 2. The summed E-state index contributed by atoms with van der Waals surface area (Å²) in [6, 6.07) is 2.83. The second-order valence-electron chi connectivity index (χ2n) is 4.30. The summed E-state index contributed by atoms with van der Waals surface area (Å²) in [6.07, 6.45) is 3.75. The van der Waals surface area contributed by atoms with E-state index >= 15 is 0 Å². The Bertz CT molecular complexity index is 611. The van der Waals surface area contributed by atoms with Crippen LogP contribution in [0.25, 0.3) is 0 Å². The lowest BCUT2D eigenvalue weighted by atomic mass is 10.2. The van der Waals surface area contributed by atoms with E-state index in [9.17, 15) is 9.59 Å². The SMILES string of the molecule is CCN(CCc1nccs1)C(=O)c1ccc(C(=O)O)nc1. The van der Waals surface area contributed by atoms with Crippen LogP contribution < -0.4 is 0 Å². The molecule has 0 saturated carbocycles. The minimum atomic E-state index is -1.11. The minimum Gasteiger partial charge on any atom is -0.477 e. The van der Waals surface area contributed by atoms with Gasteiger partial charge in [-0.1, -0.05) is 0 Å². The van der Waals surface area contributed by atoms with Crippen molar-refractivity contribution in [3.05, 3.63) is 46.2 Å². The zero-order valence-electron chi connectivity index (χ0n) is 11.5. The third-order valence-corrected chi connectivity index (χ3v) is 3.82. The van der Waals surface area contributed by atoms with Crippen molar-refractivity contribution < 1.29 is 14.7 Å². The van der Waals surface area contributed by atoms with Crippen LogP contribution in [0.15, 0.2) is 29.9 Å². The highest BCUT2D eigenvalue weighted by atomic mass is 32.1. The standard InChI is InChI=1S/C14H15N3O3S/c1-2-17(7-5-12-15-6-8-21-12)13(18)10-3-4-11(14(19)20)16-9-10/h3-4,6,8-9H,2,5,7H2,1H3,(H,19,20). The Balaban J connectivity index is 2.03. The van der Waals surface area contributed by atoms with Crippen LogP contribution in [0.4, 0.5) is 0 Å². The molecule has 0 unspecified atom stereocenters. The lowest BCUT2D eigenvalue weighted by molar-refractivity contribution is 0.0687. The average Bonchev–Trinajstić information content (AvgIpc) is 3.01. The second-order valence-corrected chi connectivity index (χ2v) is 5.28. The molecule has 6 nitrogen and oxygen atoms in total. The van der Waals surface area contributed by atoms with Gasteiger partial charge >= 0.3 is 5.97 Å². The first-order chi connectivity index (χ1) is 10.1. The van der Waals surface area contributed by atoms with Gasteiger partial charge in [0.1, 0.15) is 5.69 Å². The second kappa shape index (κ2) is 6.94. The fourth-order valence-corrected chi connectivity index (χ4v) is 2.45. The van der Waals surface area contributed by atoms with Crippen LogP contribution in [0, 0.1) is 0 Å². The maximum atomic E-state index is 12.3. The number of pyridine rings is 1. The maximum absolute atomic E-state index is 12.3. The number of thiazole rings is 1. The summed E-state index contributed by atoms with van der Waals surface area (Å²) in [5.74, 6) is -1.26. The van der Waals surface area contributed by atoms with Crippen molar-refractivity contribution >= 4 is 23.2 Å². The zero-order chi connectivity index (χ0) is 15.2. The summed E-state index contributed by atoms with van der Waals surface area (Å²) < 4.78 is 0. The predicted molar refractivity (Wildman–Crippen MR) is 78.6 cm³/mol. The number of likely N-dealkylation sites (N-methyl/N-ethyl adjacent to an activating group) is 1. The number of rotatable bonds is 6. The molecule has 2 rings (SSSR count). The highest BCUT2D eigenvalue weighted by molar-refractivity contribution is 7.09. The Morgan fingerprint density at radius 1 is 1.33 bits per heavy atom. The Hall–Kier alpha value is -2.28. The Morgan fingerprint density at radius 2 is 2.14 bits per heavy atom. The fourth-order valence-electron chi connectivity index (χ4n) is 1.84. The van der Waals surface area contributed by atoms with Crippen LogP contribution in [-0.4, -0.2) is 44.9 Å². The van der Waals surface area contributed by atoms with Crippen molar-refractivity contribution in [2.45, 2.75) is 13.3 Å². The van der Waals surface area contributed by atoms with E-state index in [1.54, 1.807) is 22.4 Å². The third-order valence-electron chi connectivity index (χ3n) is 2.98. The molecule has 2 aromatic rings. The number of amides is 1. The van der Waals surface area contributed by atoms with Gasteiger partial charge in [0.15, 0.2) is 0 Å². The van der Waals surface area contributed by atoms with Crippen molar-refractivity contribution in [1.29, 1.82) is 0 Å². The number of hydrogen-bond acceptors (Lipinski definition) is 5. The van der Waals surface area contributed by atoms with E-state index in [0.717, 1.165) is 5.01 Å². The van der Waals surface area contributed by atoms with Crippen LogP contribution in [0.2, 0.25) is 0 Å². The molecular formula is C14H15N3O3S. The lowest BCUT2D eigenvalue weighted by Crippen LogP contribution is -2.32.